The first-order chi connectivity index (χ1) is 14.2. The molecule has 2 aliphatic rings. The third kappa shape index (κ3) is 4.12. The molecule has 0 N–H and O–H groups in total. The third-order valence-corrected chi connectivity index (χ3v) is 5.70. The fourth-order valence-corrected chi connectivity index (χ4v) is 3.95. The second-order valence-electron chi connectivity index (χ2n) is 7.86. The predicted octanol–water partition coefficient (Wildman–Crippen LogP) is 2.75. The number of anilines is 1. The monoisotopic (exact) mass is 419 g/mol. The summed E-state index contributed by atoms with van der Waals surface area (Å²) in [5.41, 5.74) is 1.38. The standard InChI is InChI=1S/C21H24F3N5O/c1-14-25-18-7-8-29(20(30)15-3-5-16(6-4-15)21(22,23)24)13-17(18)19(26-14)28-11-9-27(2)10-12-28/h3-6H,7-13H2,1-2H3. The molecule has 1 aromatic heterocycles. The number of carbonyl (C=O) groups excluding carboxylic acids is 1. The van der Waals surface area contributed by atoms with Gasteiger partial charge in [0.05, 0.1) is 17.8 Å². The van der Waals surface area contributed by atoms with E-state index in [1.807, 2.05) is 6.92 Å². The lowest BCUT2D eigenvalue weighted by molar-refractivity contribution is -0.137. The Morgan fingerprint density at radius 2 is 1.67 bits per heavy atom. The van der Waals surface area contributed by atoms with Gasteiger partial charge in [-0.2, -0.15) is 13.2 Å². The highest BCUT2D eigenvalue weighted by molar-refractivity contribution is 5.94. The number of nitrogens with zero attached hydrogens (tertiary/aromatic N) is 5. The van der Waals surface area contributed by atoms with Crippen molar-refractivity contribution < 1.29 is 18.0 Å². The van der Waals surface area contributed by atoms with Gasteiger partial charge in [-0.3, -0.25) is 4.79 Å². The Morgan fingerprint density at radius 3 is 2.30 bits per heavy atom. The van der Waals surface area contributed by atoms with E-state index < -0.39 is 11.7 Å². The number of piperazine rings is 1. The van der Waals surface area contributed by atoms with Crippen LogP contribution in [0.4, 0.5) is 19.0 Å². The van der Waals surface area contributed by atoms with Gasteiger partial charge < -0.3 is 14.7 Å². The molecular formula is C21H24F3N5O. The lowest BCUT2D eigenvalue weighted by Gasteiger charge is -2.37. The van der Waals surface area contributed by atoms with Gasteiger partial charge >= 0.3 is 6.18 Å². The minimum atomic E-state index is -4.42. The van der Waals surface area contributed by atoms with Crippen LogP contribution in [0, 0.1) is 6.92 Å². The molecule has 1 amide bonds. The maximum atomic E-state index is 13.0. The van der Waals surface area contributed by atoms with Crippen molar-refractivity contribution in [2.45, 2.75) is 26.1 Å². The van der Waals surface area contributed by atoms with Crippen molar-refractivity contribution in [3.63, 3.8) is 0 Å². The number of hydrogen-bond donors (Lipinski definition) is 0. The molecule has 160 valence electrons. The minimum absolute atomic E-state index is 0.251. The highest BCUT2D eigenvalue weighted by Crippen LogP contribution is 2.31. The molecule has 0 bridgehead atoms. The number of halogens is 3. The first-order valence-electron chi connectivity index (χ1n) is 9.99. The summed E-state index contributed by atoms with van der Waals surface area (Å²) in [7, 11) is 2.09. The summed E-state index contributed by atoms with van der Waals surface area (Å²) in [4.78, 5) is 28.4. The molecule has 4 rings (SSSR count). The van der Waals surface area contributed by atoms with Gasteiger partial charge in [0.2, 0.25) is 0 Å². The molecule has 9 heteroatoms. The molecule has 0 unspecified atom stereocenters. The van der Waals surface area contributed by atoms with Crippen molar-refractivity contribution in [2.75, 3.05) is 44.7 Å². The number of likely N-dealkylation sites (N-methyl/N-ethyl adjacent to an activating group) is 1. The number of aryl methyl sites for hydroxylation is 1. The highest BCUT2D eigenvalue weighted by Gasteiger charge is 2.32. The number of amides is 1. The summed E-state index contributed by atoms with van der Waals surface area (Å²) in [6.45, 7) is 6.29. The molecule has 2 aromatic rings. The first-order valence-corrected chi connectivity index (χ1v) is 9.99. The maximum Gasteiger partial charge on any atom is 0.416 e. The van der Waals surface area contributed by atoms with Crippen LogP contribution in [0.3, 0.4) is 0 Å². The van der Waals surface area contributed by atoms with E-state index in [0.29, 0.717) is 25.3 Å². The van der Waals surface area contributed by atoms with E-state index in [0.717, 1.165) is 55.4 Å². The van der Waals surface area contributed by atoms with Gasteiger partial charge in [0.15, 0.2) is 0 Å². The second kappa shape index (κ2) is 7.86. The number of fused-ring (bicyclic) bond motifs is 1. The van der Waals surface area contributed by atoms with Gasteiger partial charge in [0.1, 0.15) is 11.6 Å². The average molecular weight is 419 g/mol. The van der Waals surface area contributed by atoms with Crippen molar-refractivity contribution in [1.29, 1.82) is 0 Å². The fourth-order valence-electron chi connectivity index (χ4n) is 3.95. The topological polar surface area (TPSA) is 52.6 Å². The summed E-state index contributed by atoms with van der Waals surface area (Å²) < 4.78 is 38.4. The SMILES string of the molecule is Cc1nc2c(c(N3CCN(C)CC3)n1)CN(C(=O)c1ccc(C(F)(F)F)cc1)CC2. The summed E-state index contributed by atoms with van der Waals surface area (Å²) in [5.74, 6) is 1.31. The van der Waals surface area contributed by atoms with Crippen LogP contribution in [0.5, 0.6) is 0 Å². The van der Waals surface area contributed by atoms with E-state index in [1.165, 1.54) is 12.1 Å². The predicted molar refractivity (Wildman–Crippen MR) is 106 cm³/mol. The zero-order chi connectivity index (χ0) is 21.5. The Kier molecular flexibility index (Phi) is 5.40. The smallest absolute Gasteiger partial charge is 0.354 e. The van der Waals surface area contributed by atoms with Gasteiger partial charge in [-0.25, -0.2) is 9.97 Å². The van der Waals surface area contributed by atoms with Gasteiger partial charge in [0, 0.05) is 50.3 Å². The fraction of sp³-hybridized carbons (Fsp3) is 0.476. The molecule has 0 radical (unpaired) electrons. The van der Waals surface area contributed by atoms with Crippen LogP contribution in [-0.4, -0.2) is 65.4 Å². The van der Waals surface area contributed by atoms with Crippen molar-refractivity contribution in [1.82, 2.24) is 19.8 Å². The molecule has 0 atom stereocenters. The maximum absolute atomic E-state index is 13.0. The molecule has 1 aromatic carbocycles. The Bertz CT molecular complexity index is 937. The van der Waals surface area contributed by atoms with E-state index >= 15 is 0 Å². The lowest BCUT2D eigenvalue weighted by atomic mass is 10.0. The molecule has 0 saturated carbocycles. The van der Waals surface area contributed by atoms with Crippen LogP contribution in [0.1, 0.15) is 33.0 Å². The quantitative estimate of drug-likeness (QED) is 0.749. The molecule has 30 heavy (non-hydrogen) atoms. The molecule has 3 heterocycles. The van der Waals surface area contributed by atoms with Gasteiger partial charge in [-0.15, -0.1) is 0 Å². The second-order valence-corrected chi connectivity index (χ2v) is 7.86. The van der Waals surface area contributed by atoms with Gasteiger partial charge in [-0.1, -0.05) is 0 Å². The van der Waals surface area contributed by atoms with Crippen LogP contribution in [0.15, 0.2) is 24.3 Å². The normalized spacial score (nSPS) is 17.8. The zero-order valence-electron chi connectivity index (χ0n) is 17.0. The van der Waals surface area contributed by atoms with Gasteiger partial charge in [0.25, 0.3) is 5.91 Å². The molecule has 0 aliphatic carbocycles. The Hall–Kier alpha value is -2.68. The largest absolute Gasteiger partial charge is 0.416 e. The third-order valence-electron chi connectivity index (χ3n) is 5.70. The number of hydrogen-bond acceptors (Lipinski definition) is 5. The lowest BCUT2D eigenvalue weighted by Crippen LogP contribution is -2.46. The van der Waals surface area contributed by atoms with Crippen molar-refractivity contribution in [2.24, 2.45) is 0 Å². The van der Waals surface area contributed by atoms with Crippen molar-refractivity contribution in [3.05, 3.63) is 52.5 Å². The first kappa shape index (κ1) is 20.6. The van der Waals surface area contributed by atoms with Crippen LogP contribution in [0.2, 0.25) is 0 Å². The molecular weight excluding hydrogens is 395 g/mol. The summed E-state index contributed by atoms with van der Waals surface area (Å²) in [5, 5.41) is 0. The van der Waals surface area contributed by atoms with E-state index in [-0.39, 0.29) is 11.5 Å². The number of alkyl halides is 3. The van der Waals surface area contributed by atoms with Crippen LogP contribution in [0.25, 0.3) is 0 Å². The molecule has 2 aliphatic heterocycles. The van der Waals surface area contributed by atoms with E-state index in [4.69, 9.17) is 0 Å². The highest BCUT2D eigenvalue weighted by atomic mass is 19.4. The van der Waals surface area contributed by atoms with Gasteiger partial charge in [-0.05, 0) is 38.2 Å². The molecule has 1 fully saturated rings. The summed E-state index contributed by atoms with van der Waals surface area (Å²) in [6, 6.07) is 4.39. The average Bonchev–Trinajstić information content (AvgIpc) is 2.72. The van der Waals surface area contributed by atoms with Crippen LogP contribution < -0.4 is 4.90 Å². The van der Waals surface area contributed by atoms with Crippen molar-refractivity contribution in [3.8, 4) is 0 Å². The minimum Gasteiger partial charge on any atom is -0.354 e. The number of carbonyl (C=O) groups is 1. The summed E-state index contributed by atoms with van der Waals surface area (Å²) >= 11 is 0. The zero-order valence-corrected chi connectivity index (χ0v) is 17.0. The number of rotatable bonds is 2. The molecule has 0 spiro atoms. The Morgan fingerprint density at radius 1 is 1.00 bits per heavy atom. The molecule has 1 saturated heterocycles. The number of aromatic nitrogens is 2. The van der Waals surface area contributed by atoms with E-state index in [9.17, 15) is 18.0 Å². The van der Waals surface area contributed by atoms with E-state index in [2.05, 4.69) is 26.8 Å². The number of benzene rings is 1. The van der Waals surface area contributed by atoms with Crippen LogP contribution >= 0.6 is 0 Å². The van der Waals surface area contributed by atoms with Crippen molar-refractivity contribution >= 4 is 11.7 Å². The Labute approximate surface area is 173 Å². The van der Waals surface area contributed by atoms with Crippen LogP contribution in [-0.2, 0) is 19.1 Å². The Balaban J connectivity index is 1.57. The molecule has 6 nitrogen and oxygen atoms in total. The van der Waals surface area contributed by atoms with E-state index in [1.54, 1.807) is 4.90 Å². The summed E-state index contributed by atoms with van der Waals surface area (Å²) in [6.07, 6.45) is -3.82.